The molecule has 0 amide bonds. The maximum atomic E-state index is 12.0. The van der Waals surface area contributed by atoms with Crippen molar-refractivity contribution in [2.75, 3.05) is 26.4 Å². The summed E-state index contributed by atoms with van der Waals surface area (Å²) in [5.41, 5.74) is 0. The van der Waals surface area contributed by atoms with Crippen LogP contribution in [0, 0.1) is 11.8 Å². The monoisotopic (exact) mass is 508 g/mol. The Bertz CT molecular complexity index is 540. The molecule has 2 aliphatic heterocycles. The van der Waals surface area contributed by atoms with Crippen LogP contribution in [0.3, 0.4) is 0 Å². The van der Waals surface area contributed by atoms with Crippen molar-refractivity contribution in [3.63, 3.8) is 0 Å². The Kier molecular flexibility index (Phi) is 14.8. The molecule has 0 radical (unpaired) electrons. The van der Waals surface area contributed by atoms with E-state index in [1.165, 1.54) is 64.2 Å². The van der Waals surface area contributed by atoms with Gasteiger partial charge in [-0.1, -0.05) is 64.2 Å². The highest BCUT2D eigenvalue weighted by Crippen LogP contribution is 2.29. The molecule has 208 valence electrons. The van der Waals surface area contributed by atoms with Gasteiger partial charge in [0.05, 0.1) is 38.6 Å². The molecule has 1 saturated carbocycles. The second-order valence-electron chi connectivity index (χ2n) is 11.5. The van der Waals surface area contributed by atoms with Crippen LogP contribution in [0.15, 0.2) is 0 Å². The molecule has 0 N–H and O–H groups in total. The Labute approximate surface area is 219 Å². The SMILES string of the molecule is O=C(CCCCCCCCC1CO1)OCC1CCC(COC(=O)CCCCCCCCC2CO2)CC1. The molecule has 0 aromatic heterocycles. The van der Waals surface area contributed by atoms with E-state index in [9.17, 15) is 9.59 Å². The first-order valence-corrected chi connectivity index (χ1v) is 15.2. The summed E-state index contributed by atoms with van der Waals surface area (Å²) in [6, 6.07) is 0. The number of ether oxygens (including phenoxy) is 4. The molecule has 0 bridgehead atoms. The van der Waals surface area contributed by atoms with E-state index in [1.807, 2.05) is 0 Å². The number of hydrogen-bond donors (Lipinski definition) is 0. The second kappa shape index (κ2) is 18.2. The second-order valence-corrected chi connectivity index (χ2v) is 11.5. The van der Waals surface area contributed by atoms with Gasteiger partial charge in [-0.25, -0.2) is 0 Å². The van der Waals surface area contributed by atoms with Crippen molar-refractivity contribution in [1.29, 1.82) is 0 Å². The number of hydrogen-bond acceptors (Lipinski definition) is 6. The number of epoxide rings is 2. The first-order valence-electron chi connectivity index (χ1n) is 15.2. The van der Waals surface area contributed by atoms with Gasteiger partial charge in [0.15, 0.2) is 0 Å². The molecule has 2 atom stereocenters. The van der Waals surface area contributed by atoms with Crippen molar-refractivity contribution in [1.82, 2.24) is 0 Å². The van der Waals surface area contributed by atoms with E-state index in [0.29, 0.717) is 50.1 Å². The lowest BCUT2D eigenvalue weighted by molar-refractivity contribution is -0.147. The Morgan fingerprint density at radius 2 is 0.861 bits per heavy atom. The average molecular weight is 509 g/mol. The molecule has 0 aromatic rings. The van der Waals surface area contributed by atoms with Crippen LogP contribution in [0.1, 0.15) is 128 Å². The zero-order chi connectivity index (χ0) is 25.3. The van der Waals surface area contributed by atoms with Crippen LogP contribution in [0.2, 0.25) is 0 Å². The lowest BCUT2D eigenvalue weighted by Crippen LogP contribution is -2.23. The fourth-order valence-electron chi connectivity index (χ4n) is 5.30. The van der Waals surface area contributed by atoms with Crippen LogP contribution >= 0.6 is 0 Å². The molecule has 36 heavy (non-hydrogen) atoms. The first-order chi connectivity index (χ1) is 17.7. The number of esters is 2. The van der Waals surface area contributed by atoms with Crippen molar-refractivity contribution >= 4 is 11.9 Å². The maximum absolute atomic E-state index is 12.0. The van der Waals surface area contributed by atoms with Gasteiger partial charge in [-0.2, -0.15) is 0 Å². The lowest BCUT2D eigenvalue weighted by Gasteiger charge is -2.27. The minimum atomic E-state index is -0.0372. The number of carbonyl (C=O) groups excluding carboxylic acids is 2. The van der Waals surface area contributed by atoms with Crippen LogP contribution in [-0.2, 0) is 28.5 Å². The minimum Gasteiger partial charge on any atom is -0.465 e. The highest BCUT2D eigenvalue weighted by Gasteiger charge is 2.24. The van der Waals surface area contributed by atoms with Gasteiger partial charge in [0, 0.05) is 12.8 Å². The zero-order valence-corrected chi connectivity index (χ0v) is 22.7. The largest absolute Gasteiger partial charge is 0.465 e. The normalized spacial score (nSPS) is 24.9. The van der Waals surface area contributed by atoms with Gasteiger partial charge in [-0.05, 0) is 63.2 Å². The van der Waals surface area contributed by atoms with Crippen LogP contribution in [0.5, 0.6) is 0 Å². The third-order valence-electron chi connectivity index (χ3n) is 8.05. The molecule has 0 spiro atoms. The summed E-state index contributed by atoms with van der Waals surface area (Å²) in [5.74, 6) is 0.857. The molecular weight excluding hydrogens is 456 g/mol. The Morgan fingerprint density at radius 3 is 1.22 bits per heavy atom. The van der Waals surface area contributed by atoms with Crippen molar-refractivity contribution in [2.24, 2.45) is 11.8 Å². The van der Waals surface area contributed by atoms with Gasteiger partial charge in [0.1, 0.15) is 0 Å². The van der Waals surface area contributed by atoms with Crippen molar-refractivity contribution in [3.8, 4) is 0 Å². The molecule has 1 aliphatic carbocycles. The summed E-state index contributed by atoms with van der Waals surface area (Å²) < 4.78 is 21.6. The Balaban J connectivity index is 1.05. The molecule has 3 aliphatic rings. The van der Waals surface area contributed by atoms with E-state index < -0.39 is 0 Å². The topological polar surface area (TPSA) is 77.7 Å². The van der Waals surface area contributed by atoms with E-state index in [0.717, 1.165) is 64.6 Å². The Morgan fingerprint density at radius 1 is 0.528 bits per heavy atom. The number of carbonyl (C=O) groups is 2. The summed E-state index contributed by atoms with van der Waals surface area (Å²) >= 11 is 0. The van der Waals surface area contributed by atoms with E-state index in [1.54, 1.807) is 0 Å². The van der Waals surface area contributed by atoms with Crippen molar-refractivity contribution in [2.45, 2.75) is 141 Å². The van der Waals surface area contributed by atoms with Gasteiger partial charge < -0.3 is 18.9 Å². The predicted octanol–water partition coefficient (Wildman–Crippen LogP) is 6.92. The smallest absolute Gasteiger partial charge is 0.305 e. The predicted molar refractivity (Wildman–Crippen MR) is 141 cm³/mol. The van der Waals surface area contributed by atoms with Gasteiger partial charge in [0.25, 0.3) is 0 Å². The van der Waals surface area contributed by atoms with E-state index in [-0.39, 0.29) is 11.9 Å². The average Bonchev–Trinajstić information content (AvgIpc) is 3.81. The standard InChI is InChI=1S/C30H52O6/c31-29(15-11-7-3-1-5-9-13-27-23-33-27)35-21-25-17-19-26(20-18-25)22-36-30(32)16-12-8-4-2-6-10-14-28-24-34-28/h25-28H,1-24H2. The summed E-state index contributed by atoms with van der Waals surface area (Å²) in [4.78, 5) is 24.1. The molecular formula is C30H52O6. The molecule has 2 unspecified atom stereocenters. The number of rotatable bonds is 22. The van der Waals surface area contributed by atoms with E-state index in [2.05, 4.69) is 0 Å². The van der Waals surface area contributed by atoms with Gasteiger partial charge in [0.2, 0.25) is 0 Å². The highest BCUT2D eigenvalue weighted by molar-refractivity contribution is 5.69. The first kappa shape index (κ1) is 29.4. The summed E-state index contributed by atoms with van der Waals surface area (Å²) in [6.45, 7) is 3.06. The molecule has 3 fully saturated rings. The van der Waals surface area contributed by atoms with Crippen molar-refractivity contribution in [3.05, 3.63) is 0 Å². The van der Waals surface area contributed by atoms with Crippen molar-refractivity contribution < 1.29 is 28.5 Å². The third-order valence-corrected chi connectivity index (χ3v) is 8.05. The summed E-state index contributed by atoms with van der Waals surface area (Å²) in [6.07, 6.45) is 23.1. The van der Waals surface area contributed by atoms with Crippen LogP contribution in [-0.4, -0.2) is 50.6 Å². The minimum absolute atomic E-state index is 0.0372. The van der Waals surface area contributed by atoms with E-state index >= 15 is 0 Å². The fourth-order valence-corrected chi connectivity index (χ4v) is 5.30. The molecule has 6 heteroatoms. The maximum Gasteiger partial charge on any atom is 0.305 e. The lowest BCUT2D eigenvalue weighted by atomic mass is 9.83. The van der Waals surface area contributed by atoms with Crippen LogP contribution in [0.4, 0.5) is 0 Å². The molecule has 3 rings (SSSR count). The quantitative estimate of drug-likeness (QED) is 0.0897. The van der Waals surface area contributed by atoms with E-state index in [4.69, 9.17) is 18.9 Å². The van der Waals surface area contributed by atoms with Gasteiger partial charge in [-0.3, -0.25) is 9.59 Å². The fraction of sp³-hybridized carbons (Fsp3) is 0.933. The molecule has 2 saturated heterocycles. The zero-order valence-electron chi connectivity index (χ0n) is 22.7. The summed E-state index contributed by atoms with van der Waals surface area (Å²) in [7, 11) is 0. The van der Waals surface area contributed by atoms with Gasteiger partial charge >= 0.3 is 11.9 Å². The van der Waals surface area contributed by atoms with Crippen LogP contribution < -0.4 is 0 Å². The molecule has 2 heterocycles. The molecule has 6 nitrogen and oxygen atoms in total. The Hall–Kier alpha value is -1.14. The highest BCUT2D eigenvalue weighted by atomic mass is 16.6. The van der Waals surface area contributed by atoms with Gasteiger partial charge in [-0.15, -0.1) is 0 Å². The number of unbranched alkanes of at least 4 members (excludes halogenated alkanes) is 10. The molecule has 0 aromatic carbocycles. The summed E-state index contributed by atoms with van der Waals surface area (Å²) in [5, 5.41) is 0. The van der Waals surface area contributed by atoms with Crippen LogP contribution in [0.25, 0.3) is 0 Å². The third kappa shape index (κ3) is 15.2.